The van der Waals surface area contributed by atoms with Crippen LogP contribution in [0.1, 0.15) is 12.5 Å². The van der Waals surface area contributed by atoms with E-state index in [1.807, 2.05) is 30.3 Å². The number of hydrogen-bond acceptors (Lipinski definition) is 4. The Kier molecular flexibility index (Phi) is 4.24. The third kappa shape index (κ3) is 3.16. The summed E-state index contributed by atoms with van der Waals surface area (Å²) in [5.74, 6) is -0.100. The first-order valence-electron chi connectivity index (χ1n) is 7.50. The maximum absolute atomic E-state index is 11.9. The van der Waals surface area contributed by atoms with Crippen LogP contribution in [0.5, 0.6) is 5.75 Å². The summed E-state index contributed by atoms with van der Waals surface area (Å²) in [6.45, 7) is 2.13. The first-order chi connectivity index (χ1) is 11.2. The summed E-state index contributed by atoms with van der Waals surface area (Å²) in [6.07, 6.45) is 1.86. The van der Waals surface area contributed by atoms with E-state index in [2.05, 4.69) is 4.98 Å². The summed E-state index contributed by atoms with van der Waals surface area (Å²) in [6, 6.07) is 14.8. The zero-order chi connectivity index (χ0) is 16.2. The van der Waals surface area contributed by atoms with Gasteiger partial charge in [0.1, 0.15) is 5.75 Å². The largest absolute Gasteiger partial charge is 0.508 e. The van der Waals surface area contributed by atoms with Gasteiger partial charge in [-0.2, -0.15) is 0 Å². The van der Waals surface area contributed by atoms with Gasteiger partial charge in [0.25, 0.3) is 0 Å². The molecule has 1 aromatic heterocycles. The summed E-state index contributed by atoms with van der Waals surface area (Å²) >= 11 is 0. The molecule has 0 amide bonds. The Morgan fingerprint density at radius 2 is 2.00 bits per heavy atom. The normalized spacial score (nSPS) is 10.7. The topological polar surface area (TPSA) is 59.4 Å². The molecule has 0 unspecified atom stereocenters. The Morgan fingerprint density at radius 3 is 2.78 bits per heavy atom. The maximum Gasteiger partial charge on any atom is 0.310 e. The van der Waals surface area contributed by atoms with Crippen LogP contribution in [0.4, 0.5) is 0 Å². The highest BCUT2D eigenvalue weighted by Gasteiger charge is 2.15. The minimum absolute atomic E-state index is 0.149. The Bertz CT molecular complexity index is 858. The van der Waals surface area contributed by atoms with Gasteiger partial charge < -0.3 is 9.84 Å². The number of ether oxygens (including phenoxy) is 1. The molecule has 0 fully saturated rings. The van der Waals surface area contributed by atoms with Gasteiger partial charge in [-0.15, -0.1) is 0 Å². The Hall–Kier alpha value is -2.88. The third-order valence-electron chi connectivity index (χ3n) is 3.63. The summed E-state index contributed by atoms with van der Waals surface area (Å²) < 4.78 is 5.06. The molecule has 0 saturated carbocycles. The van der Waals surface area contributed by atoms with Gasteiger partial charge >= 0.3 is 5.97 Å². The van der Waals surface area contributed by atoms with Gasteiger partial charge in [-0.05, 0) is 41.8 Å². The van der Waals surface area contributed by atoms with Crippen molar-refractivity contribution in [2.45, 2.75) is 13.3 Å². The van der Waals surface area contributed by atoms with Crippen LogP contribution < -0.4 is 0 Å². The van der Waals surface area contributed by atoms with Gasteiger partial charge in [0.05, 0.1) is 18.5 Å². The number of rotatable bonds is 4. The van der Waals surface area contributed by atoms with Crippen molar-refractivity contribution in [1.82, 2.24) is 4.98 Å². The second-order valence-electron chi connectivity index (χ2n) is 5.21. The van der Waals surface area contributed by atoms with E-state index in [9.17, 15) is 9.90 Å². The van der Waals surface area contributed by atoms with Gasteiger partial charge in [-0.25, -0.2) is 0 Å². The van der Waals surface area contributed by atoms with Gasteiger partial charge in [-0.1, -0.05) is 30.3 Å². The van der Waals surface area contributed by atoms with E-state index in [1.54, 1.807) is 31.3 Å². The first kappa shape index (κ1) is 15.0. The fourth-order valence-corrected chi connectivity index (χ4v) is 2.69. The molecule has 23 heavy (non-hydrogen) atoms. The molecule has 4 nitrogen and oxygen atoms in total. The average molecular weight is 307 g/mol. The summed E-state index contributed by atoms with van der Waals surface area (Å²) in [5, 5.41) is 10.7. The molecular weight excluding hydrogens is 290 g/mol. The van der Waals surface area contributed by atoms with E-state index in [1.165, 1.54) is 0 Å². The van der Waals surface area contributed by atoms with Crippen molar-refractivity contribution >= 4 is 16.9 Å². The van der Waals surface area contributed by atoms with E-state index in [-0.39, 0.29) is 18.1 Å². The van der Waals surface area contributed by atoms with Crippen LogP contribution in [0.25, 0.3) is 22.0 Å². The number of fused-ring (bicyclic) bond motifs is 1. The summed E-state index contributed by atoms with van der Waals surface area (Å²) in [7, 11) is 0. The van der Waals surface area contributed by atoms with Crippen LogP contribution in [0.3, 0.4) is 0 Å². The second-order valence-corrected chi connectivity index (χ2v) is 5.21. The predicted molar refractivity (Wildman–Crippen MR) is 89.2 cm³/mol. The predicted octanol–water partition coefficient (Wildman–Crippen LogP) is 3.71. The van der Waals surface area contributed by atoms with E-state index >= 15 is 0 Å². The van der Waals surface area contributed by atoms with Gasteiger partial charge in [0.15, 0.2) is 0 Å². The molecule has 0 atom stereocenters. The lowest BCUT2D eigenvalue weighted by Gasteiger charge is -2.13. The van der Waals surface area contributed by atoms with Crippen LogP contribution in [-0.2, 0) is 16.0 Å². The molecule has 1 heterocycles. The highest BCUT2D eigenvalue weighted by molar-refractivity contribution is 5.97. The molecule has 3 aromatic rings. The number of pyridine rings is 1. The molecule has 4 heteroatoms. The molecular formula is C19H17NO3. The maximum atomic E-state index is 11.9. The molecule has 0 saturated heterocycles. The molecule has 1 N–H and O–H groups in total. The van der Waals surface area contributed by atoms with Crippen LogP contribution in [0.15, 0.2) is 54.7 Å². The van der Waals surface area contributed by atoms with Crippen LogP contribution in [0.2, 0.25) is 0 Å². The van der Waals surface area contributed by atoms with E-state index in [0.717, 1.165) is 27.6 Å². The SMILES string of the molecule is CCOC(=O)Cc1cnc2ccccc2c1-c1cccc(O)c1. The monoisotopic (exact) mass is 307 g/mol. The van der Waals surface area contributed by atoms with Gasteiger partial charge in [0.2, 0.25) is 0 Å². The molecule has 3 rings (SSSR count). The van der Waals surface area contributed by atoms with Crippen molar-refractivity contribution in [1.29, 1.82) is 0 Å². The fraction of sp³-hybridized carbons (Fsp3) is 0.158. The number of aromatic nitrogens is 1. The minimum Gasteiger partial charge on any atom is -0.508 e. The molecule has 0 spiro atoms. The lowest BCUT2D eigenvalue weighted by molar-refractivity contribution is -0.142. The van der Waals surface area contributed by atoms with E-state index < -0.39 is 0 Å². The van der Waals surface area contributed by atoms with Gasteiger partial charge in [0, 0.05) is 11.6 Å². The van der Waals surface area contributed by atoms with Crippen molar-refractivity contribution in [3.05, 3.63) is 60.3 Å². The van der Waals surface area contributed by atoms with Crippen molar-refractivity contribution in [2.75, 3.05) is 6.61 Å². The van der Waals surface area contributed by atoms with E-state index in [0.29, 0.717) is 6.61 Å². The molecule has 0 aliphatic carbocycles. The van der Waals surface area contributed by atoms with Crippen LogP contribution >= 0.6 is 0 Å². The number of esters is 1. The Balaban J connectivity index is 2.19. The van der Waals surface area contributed by atoms with Crippen molar-refractivity contribution in [3.8, 4) is 16.9 Å². The number of hydrogen-bond donors (Lipinski definition) is 1. The number of aromatic hydroxyl groups is 1. The number of carbonyl (C=O) groups excluding carboxylic acids is 1. The van der Waals surface area contributed by atoms with Crippen molar-refractivity contribution in [3.63, 3.8) is 0 Å². The third-order valence-corrected chi connectivity index (χ3v) is 3.63. The Morgan fingerprint density at radius 1 is 1.17 bits per heavy atom. The molecule has 0 radical (unpaired) electrons. The highest BCUT2D eigenvalue weighted by atomic mass is 16.5. The van der Waals surface area contributed by atoms with Gasteiger partial charge in [-0.3, -0.25) is 9.78 Å². The Labute approximate surface area is 134 Å². The molecule has 0 bridgehead atoms. The zero-order valence-electron chi connectivity index (χ0n) is 12.8. The minimum atomic E-state index is -0.286. The fourth-order valence-electron chi connectivity index (χ4n) is 2.69. The second kappa shape index (κ2) is 6.48. The molecule has 0 aliphatic rings. The number of para-hydroxylation sites is 1. The first-order valence-corrected chi connectivity index (χ1v) is 7.50. The zero-order valence-corrected chi connectivity index (χ0v) is 12.8. The molecule has 0 aliphatic heterocycles. The lowest BCUT2D eigenvalue weighted by Crippen LogP contribution is -2.09. The van der Waals surface area contributed by atoms with E-state index in [4.69, 9.17) is 4.74 Å². The molecule has 116 valence electrons. The average Bonchev–Trinajstić information content (AvgIpc) is 2.55. The number of nitrogens with zero attached hydrogens (tertiary/aromatic N) is 1. The number of phenols is 1. The standard InChI is InChI=1S/C19H17NO3/c1-2-23-18(22)11-14-12-20-17-9-4-3-8-16(17)19(14)13-6-5-7-15(21)10-13/h3-10,12,21H,2,11H2,1H3. The lowest BCUT2D eigenvalue weighted by atomic mass is 9.95. The van der Waals surface area contributed by atoms with Crippen LogP contribution in [0, 0.1) is 0 Å². The number of carbonyl (C=O) groups is 1. The smallest absolute Gasteiger partial charge is 0.310 e. The number of benzene rings is 2. The summed E-state index contributed by atoms with van der Waals surface area (Å²) in [5.41, 5.74) is 3.38. The number of phenolic OH excluding ortho intramolecular Hbond substituents is 1. The van der Waals surface area contributed by atoms with Crippen LogP contribution in [-0.4, -0.2) is 22.7 Å². The van der Waals surface area contributed by atoms with Crippen molar-refractivity contribution < 1.29 is 14.6 Å². The highest BCUT2D eigenvalue weighted by Crippen LogP contribution is 2.33. The summed E-state index contributed by atoms with van der Waals surface area (Å²) in [4.78, 5) is 16.3. The molecule has 2 aromatic carbocycles. The van der Waals surface area contributed by atoms with Crippen molar-refractivity contribution in [2.24, 2.45) is 0 Å². The quantitative estimate of drug-likeness (QED) is 0.746.